The first kappa shape index (κ1) is 18.4. The molecule has 2 fully saturated rings. The predicted octanol–water partition coefficient (Wildman–Crippen LogP) is 1.24. The molecule has 2 aromatic rings. The molecule has 27 heavy (non-hydrogen) atoms. The molecule has 0 radical (unpaired) electrons. The molecule has 1 N–H and O–H groups in total. The molecule has 2 aliphatic heterocycles. The van der Waals surface area contributed by atoms with Crippen molar-refractivity contribution in [3.63, 3.8) is 0 Å². The van der Waals surface area contributed by atoms with Crippen molar-refractivity contribution in [1.82, 2.24) is 19.4 Å². The summed E-state index contributed by atoms with van der Waals surface area (Å²) in [6.45, 7) is 4.42. The number of aromatic nitrogens is 2. The number of amides is 1. The van der Waals surface area contributed by atoms with Crippen LogP contribution in [0.15, 0.2) is 24.3 Å². The molecule has 4 rings (SSSR count). The number of para-hydroxylation sites is 2. The molecule has 0 saturated carbocycles. The number of fused-ring (bicyclic) bond motifs is 1. The van der Waals surface area contributed by atoms with Gasteiger partial charge in [-0.2, -0.15) is 0 Å². The second-order valence-electron chi connectivity index (χ2n) is 7.65. The Labute approximate surface area is 159 Å². The number of aliphatic hydroxyl groups is 1. The Hall–Kier alpha value is -1.96. The van der Waals surface area contributed by atoms with E-state index in [1.807, 2.05) is 33.7 Å². The number of benzene rings is 1. The first-order chi connectivity index (χ1) is 13.1. The Balaban J connectivity index is 1.45. The molecule has 0 atom stereocenters. The van der Waals surface area contributed by atoms with Crippen molar-refractivity contribution in [2.45, 2.75) is 38.0 Å². The fourth-order valence-electron chi connectivity index (χ4n) is 4.43. The van der Waals surface area contributed by atoms with Crippen molar-refractivity contribution >= 4 is 16.9 Å². The van der Waals surface area contributed by atoms with Gasteiger partial charge < -0.3 is 19.3 Å². The van der Waals surface area contributed by atoms with Gasteiger partial charge in [0.2, 0.25) is 5.91 Å². The molecule has 1 amide bonds. The van der Waals surface area contributed by atoms with Gasteiger partial charge in [-0.1, -0.05) is 12.1 Å². The van der Waals surface area contributed by atoms with Gasteiger partial charge in [0.15, 0.2) is 0 Å². The van der Waals surface area contributed by atoms with E-state index < -0.39 is 0 Å². The number of ether oxygens (including phenoxy) is 1. The maximum atomic E-state index is 12.9. The number of hydrogen-bond donors (Lipinski definition) is 1. The second-order valence-corrected chi connectivity index (χ2v) is 7.65. The van der Waals surface area contributed by atoms with Crippen LogP contribution in [0, 0.1) is 0 Å². The lowest BCUT2D eigenvalue weighted by molar-refractivity contribution is -0.140. The summed E-state index contributed by atoms with van der Waals surface area (Å²) in [4.78, 5) is 21.8. The molecular weight excluding hydrogens is 344 g/mol. The van der Waals surface area contributed by atoms with Crippen LogP contribution < -0.4 is 0 Å². The van der Waals surface area contributed by atoms with Crippen molar-refractivity contribution in [2.75, 3.05) is 39.9 Å². The summed E-state index contributed by atoms with van der Waals surface area (Å²) in [5.74, 6) is 0.791. The first-order valence-corrected chi connectivity index (χ1v) is 9.75. The van der Waals surface area contributed by atoms with Gasteiger partial charge in [-0.05, 0) is 32.0 Å². The lowest BCUT2D eigenvalue weighted by Gasteiger charge is -2.51. The molecule has 7 nitrogen and oxygen atoms in total. The molecule has 0 bridgehead atoms. The summed E-state index contributed by atoms with van der Waals surface area (Å²) < 4.78 is 7.51. The van der Waals surface area contributed by atoms with Gasteiger partial charge >= 0.3 is 0 Å². The molecule has 1 aromatic carbocycles. The van der Waals surface area contributed by atoms with E-state index in [2.05, 4.69) is 16.9 Å². The van der Waals surface area contributed by atoms with E-state index in [4.69, 9.17) is 4.74 Å². The van der Waals surface area contributed by atoms with Crippen LogP contribution in [0.25, 0.3) is 11.0 Å². The quantitative estimate of drug-likeness (QED) is 0.874. The van der Waals surface area contributed by atoms with E-state index in [0.29, 0.717) is 18.8 Å². The van der Waals surface area contributed by atoms with Crippen molar-refractivity contribution < 1.29 is 14.6 Å². The molecule has 3 heterocycles. The fraction of sp³-hybridized carbons (Fsp3) is 0.600. The summed E-state index contributed by atoms with van der Waals surface area (Å²) in [6, 6.07) is 7.81. The van der Waals surface area contributed by atoms with Crippen LogP contribution in [0.3, 0.4) is 0 Å². The Bertz CT molecular complexity index is 813. The van der Waals surface area contributed by atoms with Gasteiger partial charge in [0.25, 0.3) is 0 Å². The summed E-state index contributed by atoms with van der Waals surface area (Å²) in [6.07, 6.45) is 2.38. The third kappa shape index (κ3) is 3.47. The summed E-state index contributed by atoms with van der Waals surface area (Å²) in [7, 11) is 2.16. The highest BCUT2D eigenvalue weighted by Gasteiger charge is 2.42. The van der Waals surface area contributed by atoms with E-state index in [1.165, 1.54) is 0 Å². The van der Waals surface area contributed by atoms with Gasteiger partial charge in [-0.15, -0.1) is 0 Å². The maximum absolute atomic E-state index is 12.9. The Morgan fingerprint density at radius 2 is 2.04 bits per heavy atom. The average Bonchev–Trinajstić information content (AvgIpc) is 3.07. The highest BCUT2D eigenvalue weighted by molar-refractivity contribution is 5.78. The number of aliphatic hydroxyl groups excluding tert-OH is 1. The van der Waals surface area contributed by atoms with Crippen LogP contribution in [0.2, 0.25) is 0 Å². The zero-order chi connectivity index (χ0) is 18.9. The van der Waals surface area contributed by atoms with E-state index in [9.17, 15) is 9.90 Å². The third-order valence-corrected chi connectivity index (χ3v) is 6.20. The number of rotatable bonds is 4. The molecule has 0 unspecified atom stereocenters. The Kier molecular flexibility index (Phi) is 5.16. The molecule has 2 aliphatic rings. The van der Waals surface area contributed by atoms with Crippen molar-refractivity contribution in [1.29, 1.82) is 0 Å². The Morgan fingerprint density at radius 3 is 2.81 bits per heavy atom. The zero-order valence-electron chi connectivity index (χ0n) is 15.9. The topological polar surface area (TPSA) is 70.8 Å². The number of carbonyl (C=O) groups is 1. The largest absolute Gasteiger partial charge is 0.388 e. The maximum Gasteiger partial charge on any atom is 0.224 e. The lowest BCUT2D eigenvalue weighted by Crippen LogP contribution is -2.63. The monoisotopic (exact) mass is 372 g/mol. The van der Waals surface area contributed by atoms with Gasteiger partial charge in [0.05, 0.1) is 11.0 Å². The second kappa shape index (κ2) is 7.58. The normalized spacial score (nSPS) is 20.4. The van der Waals surface area contributed by atoms with Gasteiger partial charge in [-0.3, -0.25) is 9.69 Å². The summed E-state index contributed by atoms with van der Waals surface area (Å²) in [5, 5.41) is 9.63. The highest BCUT2D eigenvalue weighted by atomic mass is 16.5. The van der Waals surface area contributed by atoms with Gasteiger partial charge in [0, 0.05) is 51.4 Å². The van der Waals surface area contributed by atoms with Gasteiger partial charge in [0.1, 0.15) is 12.4 Å². The highest BCUT2D eigenvalue weighted by Crippen LogP contribution is 2.31. The molecule has 146 valence electrons. The summed E-state index contributed by atoms with van der Waals surface area (Å²) in [5.41, 5.74) is 1.88. The van der Waals surface area contributed by atoms with Crippen LogP contribution >= 0.6 is 0 Å². The minimum absolute atomic E-state index is 0.0596. The van der Waals surface area contributed by atoms with Gasteiger partial charge in [-0.25, -0.2) is 4.98 Å². The number of carbonyl (C=O) groups excluding carboxylic acids is 1. The number of likely N-dealkylation sites (N-methyl/N-ethyl adjacent to an activating group) is 1. The zero-order valence-corrected chi connectivity index (χ0v) is 15.9. The third-order valence-electron chi connectivity index (χ3n) is 6.20. The molecule has 7 heteroatoms. The standard InChI is InChI=1S/C20H28N4O3/c1-22-10-11-23(15-20(22)7-12-27-13-8-20)19(26)6-9-24-17-5-3-2-4-16(17)21-18(24)14-25/h2-5,25H,6-15H2,1H3. The SMILES string of the molecule is CN1CCN(C(=O)CCn2c(CO)nc3ccccc32)CC12CCOCC2. The molecule has 1 aromatic heterocycles. The number of hydrogen-bond acceptors (Lipinski definition) is 5. The van der Waals surface area contributed by atoms with Crippen LogP contribution in [-0.4, -0.2) is 75.8 Å². The molecular formula is C20H28N4O3. The first-order valence-electron chi connectivity index (χ1n) is 9.75. The number of nitrogens with zero attached hydrogens (tertiary/aromatic N) is 4. The Morgan fingerprint density at radius 1 is 1.26 bits per heavy atom. The minimum Gasteiger partial charge on any atom is -0.388 e. The number of piperazine rings is 1. The fourth-order valence-corrected chi connectivity index (χ4v) is 4.43. The van der Waals surface area contributed by atoms with E-state index >= 15 is 0 Å². The van der Waals surface area contributed by atoms with Crippen molar-refractivity contribution in [3.8, 4) is 0 Å². The predicted molar refractivity (Wildman–Crippen MR) is 102 cm³/mol. The number of aryl methyl sites for hydroxylation is 1. The van der Waals surface area contributed by atoms with Crippen LogP contribution in [0.5, 0.6) is 0 Å². The lowest BCUT2D eigenvalue weighted by atomic mass is 9.86. The smallest absolute Gasteiger partial charge is 0.224 e. The number of imidazole rings is 1. The average molecular weight is 372 g/mol. The molecule has 2 saturated heterocycles. The van der Waals surface area contributed by atoms with E-state index in [1.54, 1.807) is 0 Å². The van der Waals surface area contributed by atoms with Crippen molar-refractivity contribution in [2.24, 2.45) is 0 Å². The molecule has 0 aliphatic carbocycles. The van der Waals surface area contributed by atoms with Crippen LogP contribution in [0.4, 0.5) is 0 Å². The van der Waals surface area contributed by atoms with Crippen LogP contribution in [-0.2, 0) is 22.7 Å². The van der Waals surface area contributed by atoms with E-state index in [0.717, 1.165) is 56.7 Å². The summed E-state index contributed by atoms with van der Waals surface area (Å²) >= 11 is 0. The minimum atomic E-state index is -0.125. The molecule has 1 spiro atoms. The van der Waals surface area contributed by atoms with E-state index in [-0.39, 0.29) is 18.1 Å². The van der Waals surface area contributed by atoms with Crippen LogP contribution in [0.1, 0.15) is 25.1 Å². The van der Waals surface area contributed by atoms with Crippen molar-refractivity contribution in [3.05, 3.63) is 30.1 Å².